The summed E-state index contributed by atoms with van der Waals surface area (Å²) in [5, 5.41) is 13.3. The molecule has 0 aliphatic rings. The number of sulfonamides is 1. The lowest BCUT2D eigenvalue weighted by Gasteiger charge is -1.91. The molecule has 0 saturated carbocycles. The van der Waals surface area contributed by atoms with Gasteiger partial charge in [0.1, 0.15) is 4.21 Å². The van der Waals surface area contributed by atoms with Crippen LogP contribution >= 0.6 is 27.3 Å². The van der Waals surface area contributed by atoms with Crippen molar-refractivity contribution in [2.45, 2.75) is 4.21 Å². The Kier molecular flexibility index (Phi) is 3.66. The average molecular weight is 312 g/mol. The SMILES string of the molecule is NS(=O)(=O)c1sc(C=CC(=O)O)cc1Br. The molecule has 0 saturated heterocycles. The molecular formula is C7H6BrNO4S2. The van der Waals surface area contributed by atoms with Crippen molar-refractivity contribution in [3.05, 3.63) is 21.5 Å². The molecule has 1 aromatic heterocycles. The summed E-state index contributed by atoms with van der Waals surface area (Å²) in [6.07, 6.45) is 2.22. The molecule has 0 aromatic carbocycles. The number of aliphatic carboxylic acids is 1. The Morgan fingerprint density at radius 3 is 2.60 bits per heavy atom. The van der Waals surface area contributed by atoms with Crippen molar-refractivity contribution in [2.24, 2.45) is 5.14 Å². The number of primary sulfonamides is 1. The lowest BCUT2D eigenvalue weighted by molar-refractivity contribution is -0.131. The van der Waals surface area contributed by atoms with Crippen LogP contribution in [0.3, 0.4) is 0 Å². The van der Waals surface area contributed by atoms with E-state index in [-0.39, 0.29) is 4.21 Å². The lowest BCUT2D eigenvalue weighted by Crippen LogP contribution is -2.10. The van der Waals surface area contributed by atoms with Crippen molar-refractivity contribution < 1.29 is 18.3 Å². The molecule has 0 unspecified atom stereocenters. The molecule has 5 nitrogen and oxygen atoms in total. The Hall–Kier alpha value is -0.700. The maximum Gasteiger partial charge on any atom is 0.328 e. The van der Waals surface area contributed by atoms with Crippen LogP contribution in [0, 0.1) is 0 Å². The Bertz CT molecular complexity index is 517. The van der Waals surface area contributed by atoms with Crippen molar-refractivity contribution in [3.8, 4) is 0 Å². The predicted octanol–water partition coefficient (Wildman–Crippen LogP) is 1.26. The number of halogens is 1. The number of hydrogen-bond donors (Lipinski definition) is 2. The van der Waals surface area contributed by atoms with Gasteiger partial charge in [0.2, 0.25) is 10.0 Å². The second-order valence-corrected chi connectivity index (χ2v) is 6.20. The zero-order chi connectivity index (χ0) is 11.6. The number of rotatable bonds is 3. The number of nitrogens with two attached hydrogens (primary N) is 1. The standard InChI is InChI=1S/C7H6BrNO4S2/c8-5-3-4(1-2-6(10)11)14-7(5)15(9,12)13/h1-3H,(H,10,11)(H2,9,12,13). The molecule has 0 aliphatic heterocycles. The van der Waals surface area contributed by atoms with Gasteiger partial charge in [-0.15, -0.1) is 11.3 Å². The van der Waals surface area contributed by atoms with Crippen LogP contribution in [0.25, 0.3) is 6.08 Å². The Labute approximate surface area is 98.4 Å². The van der Waals surface area contributed by atoms with Gasteiger partial charge in [-0.2, -0.15) is 0 Å². The third-order valence-electron chi connectivity index (χ3n) is 1.32. The minimum Gasteiger partial charge on any atom is -0.478 e. The minimum atomic E-state index is -3.76. The van der Waals surface area contributed by atoms with Gasteiger partial charge in [-0.1, -0.05) is 0 Å². The fourth-order valence-electron chi connectivity index (χ4n) is 0.799. The first-order valence-corrected chi connectivity index (χ1v) is 6.69. The topological polar surface area (TPSA) is 97.5 Å². The zero-order valence-corrected chi connectivity index (χ0v) is 10.4. The second-order valence-electron chi connectivity index (χ2n) is 2.50. The van der Waals surface area contributed by atoms with Crippen LogP contribution in [0.5, 0.6) is 0 Å². The highest BCUT2D eigenvalue weighted by Gasteiger charge is 2.16. The maximum atomic E-state index is 11.0. The number of carbonyl (C=O) groups is 1. The van der Waals surface area contributed by atoms with Gasteiger partial charge in [-0.05, 0) is 28.1 Å². The highest BCUT2D eigenvalue weighted by atomic mass is 79.9. The molecule has 8 heteroatoms. The van der Waals surface area contributed by atoms with Gasteiger partial charge in [0.15, 0.2) is 0 Å². The monoisotopic (exact) mass is 311 g/mol. The summed E-state index contributed by atoms with van der Waals surface area (Å²) in [6.45, 7) is 0. The van der Waals surface area contributed by atoms with E-state index >= 15 is 0 Å². The molecule has 1 aromatic rings. The van der Waals surface area contributed by atoms with Crippen LogP contribution in [0.2, 0.25) is 0 Å². The van der Waals surface area contributed by atoms with Crippen molar-refractivity contribution in [1.82, 2.24) is 0 Å². The molecule has 82 valence electrons. The van der Waals surface area contributed by atoms with Gasteiger partial charge in [0.05, 0.1) is 0 Å². The Balaban J connectivity index is 3.12. The van der Waals surface area contributed by atoms with Crippen LogP contribution in [-0.2, 0) is 14.8 Å². The molecule has 15 heavy (non-hydrogen) atoms. The summed E-state index contributed by atoms with van der Waals surface area (Å²) >= 11 is 3.93. The molecule has 0 amide bonds. The van der Waals surface area contributed by atoms with Crippen LogP contribution in [0.1, 0.15) is 4.88 Å². The molecule has 0 atom stereocenters. The molecule has 0 radical (unpaired) electrons. The van der Waals surface area contributed by atoms with E-state index in [9.17, 15) is 13.2 Å². The molecule has 3 N–H and O–H groups in total. The Morgan fingerprint density at radius 1 is 1.60 bits per heavy atom. The summed E-state index contributed by atoms with van der Waals surface area (Å²) in [6, 6.07) is 1.49. The second kappa shape index (κ2) is 4.44. The zero-order valence-electron chi connectivity index (χ0n) is 7.18. The summed E-state index contributed by atoms with van der Waals surface area (Å²) < 4.78 is 22.4. The molecule has 0 bridgehead atoms. The number of carboxylic acids is 1. The summed E-state index contributed by atoms with van der Waals surface area (Å²) in [4.78, 5) is 10.7. The molecule has 1 rings (SSSR count). The first-order valence-electron chi connectivity index (χ1n) is 3.54. The smallest absolute Gasteiger partial charge is 0.328 e. The van der Waals surface area contributed by atoms with Crippen LogP contribution in [-0.4, -0.2) is 19.5 Å². The minimum absolute atomic E-state index is 0.0208. The van der Waals surface area contributed by atoms with Crippen LogP contribution in [0.15, 0.2) is 20.8 Å². The van der Waals surface area contributed by atoms with Gasteiger partial charge < -0.3 is 5.11 Å². The van der Waals surface area contributed by atoms with Crippen LogP contribution < -0.4 is 5.14 Å². The normalized spacial score (nSPS) is 12.1. The van der Waals surface area contributed by atoms with Gasteiger partial charge in [-0.25, -0.2) is 18.4 Å². The predicted molar refractivity (Wildman–Crippen MR) is 60.1 cm³/mol. The molecule has 0 aliphatic carbocycles. The average Bonchev–Trinajstić information content (AvgIpc) is 2.42. The van der Waals surface area contributed by atoms with E-state index in [1.165, 1.54) is 12.1 Å². The number of thiophene rings is 1. The first kappa shape index (κ1) is 12.4. The van der Waals surface area contributed by atoms with Crippen molar-refractivity contribution in [1.29, 1.82) is 0 Å². The Morgan fingerprint density at radius 2 is 2.20 bits per heavy atom. The van der Waals surface area contributed by atoms with Gasteiger partial charge >= 0.3 is 5.97 Å². The molecule has 0 spiro atoms. The van der Waals surface area contributed by atoms with Gasteiger partial charge in [0.25, 0.3) is 0 Å². The maximum absolute atomic E-state index is 11.0. The lowest BCUT2D eigenvalue weighted by atomic mass is 10.4. The molecule has 0 fully saturated rings. The van der Waals surface area contributed by atoms with Crippen molar-refractivity contribution in [3.63, 3.8) is 0 Å². The fraction of sp³-hybridized carbons (Fsp3) is 0. The van der Waals surface area contributed by atoms with Gasteiger partial charge in [-0.3, -0.25) is 0 Å². The number of carboxylic acid groups (broad SMARTS) is 1. The van der Waals surface area contributed by atoms with Crippen molar-refractivity contribution >= 4 is 49.3 Å². The highest BCUT2D eigenvalue weighted by Crippen LogP contribution is 2.31. The van der Waals surface area contributed by atoms with E-state index in [4.69, 9.17) is 10.2 Å². The summed E-state index contributed by atoms with van der Waals surface area (Å²) in [7, 11) is -3.76. The van der Waals surface area contributed by atoms with E-state index in [2.05, 4.69) is 15.9 Å². The van der Waals surface area contributed by atoms with E-state index in [1.807, 2.05) is 0 Å². The van der Waals surface area contributed by atoms with E-state index in [0.29, 0.717) is 9.35 Å². The fourth-order valence-corrected chi connectivity index (χ4v) is 3.88. The third-order valence-corrected chi connectivity index (χ3v) is 5.05. The quantitative estimate of drug-likeness (QED) is 0.821. The molecule has 1 heterocycles. The number of hydrogen-bond acceptors (Lipinski definition) is 4. The summed E-state index contributed by atoms with van der Waals surface area (Å²) in [5.41, 5.74) is 0. The third kappa shape index (κ3) is 3.42. The largest absolute Gasteiger partial charge is 0.478 e. The molecular weight excluding hydrogens is 306 g/mol. The van der Waals surface area contributed by atoms with Crippen molar-refractivity contribution in [2.75, 3.05) is 0 Å². The van der Waals surface area contributed by atoms with E-state index in [0.717, 1.165) is 17.4 Å². The van der Waals surface area contributed by atoms with Gasteiger partial charge in [0, 0.05) is 15.4 Å². The highest BCUT2D eigenvalue weighted by molar-refractivity contribution is 9.10. The van der Waals surface area contributed by atoms with E-state index in [1.54, 1.807) is 0 Å². The van der Waals surface area contributed by atoms with E-state index < -0.39 is 16.0 Å². The summed E-state index contributed by atoms with van der Waals surface area (Å²) in [5.74, 6) is -1.10. The van der Waals surface area contributed by atoms with Crippen LogP contribution in [0.4, 0.5) is 0 Å². The first-order chi connectivity index (χ1) is 6.80.